The van der Waals surface area contributed by atoms with E-state index in [-0.39, 0.29) is 28.4 Å². The van der Waals surface area contributed by atoms with Crippen molar-refractivity contribution in [3.8, 4) is 0 Å². The molecule has 0 aliphatic carbocycles. The topological polar surface area (TPSA) is 82.9 Å². The summed E-state index contributed by atoms with van der Waals surface area (Å²) in [6.45, 7) is 5.16. The van der Waals surface area contributed by atoms with Gasteiger partial charge in [-0.3, -0.25) is 9.69 Å². The molecule has 1 aromatic heterocycles. The van der Waals surface area contributed by atoms with E-state index < -0.39 is 10.0 Å². The van der Waals surface area contributed by atoms with Gasteiger partial charge < -0.3 is 9.73 Å². The molecule has 0 saturated carbocycles. The molecule has 4 rings (SSSR count). The van der Waals surface area contributed by atoms with Crippen LogP contribution in [0.5, 0.6) is 0 Å². The second kappa shape index (κ2) is 8.30. The van der Waals surface area contributed by atoms with Crippen LogP contribution in [-0.2, 0) is 16.6 Å². The van der Waals surface area contributed by atoms with Crippen LogP contribution in [-0.4, -0.2) is 55.8 Å². The lowest BCUT2D eigenvalue weighted by Crippen LogP contribution is -2.36. The van der Waals surface area contributed by atoms with E-state index in [0.717, 1.165) is 38.9 Å². The third-order valence-corrected chi connectivity index (χ3v) is 7.64. The molecular formula is C21H27N3O4S. The van der Waals surface area contributed by atoms with Crippen molar-refractivity contribution in [2.75, 3.05) is 26.2 Å². The van der Waals surface area contributed by atoms with Crippen molar-refractivity contribution in [2.24, 2.45) is 0 Å². The molecule has 0 radical (unpaired) electrons. The maximum absolute atomic E-state index is 12.8. The average molecular weight is 418 g/mol. The van der Waals surface area contributed by atoms with Crippen LogP contribution in [0.25, 0.3) is 0 Å². The third kappa shape index (κ3) is 4.39. The summed E-state index contributed by atoms with van der Waals surface area (Å²) in [6, 6.07) is 11.6. The van der Waals surface area contributed by atoms with Crippen molar-refractivity contribution >= 4 is 15.9 Å². The number of hydrogen-bond donors (Lipinski definition) is 1. The fourth-order valence-corrected chi connectivity index (χ4v) is 5.77. The number of sulfonamides is 1. The Labute approximate surface area is 171 Å². The van der Waals surface area contributed by atoms with Crippen LogP contribution in [0.1, 0.15) is 41.1 Å². The standard InChI is InChI=1S/C21H27N3O4S/c1-16-20(29(26,27)24-10-5-6-11-24)13-19(28-16)21(25)22-18-9-12-23(15-18)14-17-7-3-2-4-8-17/h2-4,7-8,13,18H,5-6,9-12,14-15H2,1H3,(H,22,25). The molecule has 1 amide bonds. The highest BCUT2D eigenvalue weighted by molar-refractivity contribution is 7.89. The molecule has 0 spiro atoms. The highest BCUT2D eigenvalue weighted by Crippen LogP contribution is 2.26. The van der Waals surface area contributed by atoms with Gasteiger partial charge in [-0.15, -0.1) is 0 Å². The van der Waals surface area contributed by atoms with E-state index in [0.29, 0.717) is 13.1 Å². The zero-order valence-electron chi connectivity index (χ0n) is 16.6. The van der Waals surface area contributed by atoms with Gasteiger partial charge in [-0.2, -0.15) is 4.31 Å². The van der Waals surface area contributed by atoms with Crippen LogP contribution in [0.15, 0.2) is 45.7 Å². The van der Waals surface area contributed by atoms with Crippen molar-refractivity contribution in [1.82, 2.24) is 14.5 Å². The highest BCUT2D eigenvalue weighted by atomic mass is 32.2. The molecule has 2 aromatic rings. The maximum atomic E-state index is 12.8. The maximum Gasteiger partial charge on any atom is 0.287 e. The largest absolute Gasteiger partial charge is 0.455 e. The van der Waals surface area contributed by atoms with Gasteiger partial charge in [0.15, 0.2) is 5.76 Å². The molecule has 29 heavy (non-hydrogen) atoms. The van der Waals surface area contributed by atoms with E-state index in [9.17, 15) is 13.2 Å². The number of aryl methyl sites for hydroxylation is 1. The summed E-state index contributed by atoms with van der Waals surface area (Å²) >= 11 is 0. The smallest absolute Gasteiger partial charge is 0.287 e. The molecule has 1 aromatic carbocycles. The van der Waals surface area contributed by atoms with Crippen molar-refractivity contribution in [2.45, 2.75) is 43.7 Å². The van der Waals surface area contributed by atoms with Crippen molar-refractivity contribution < 1.29 is 17.6 Å². The SMILES string of the molecule is Cc1oc(C(=O)NC2CCN(Cc3ccccc3)C2)cc1S(=O)(=O)N1CCCC1. The quantitative estimate of drug-likeness (QED) is 0.780. The number of carbonyl (C=O) groups excluding carboxylic acids is 1. The number of carbonyl (C=O) groups is 1. The van der Waals surface area contributed by atoms with Gasteiger partial charge in [-0.25, -0.2) is 8.42 Å². The molecule has 7 nitrogen and oxygen atoms in total. The van der Waals surface area contributed by atoms with Gasteiger partial charge in [0.2, 0.25) is 10.0 Å². The van der Waals surface area contributed by atoms with Gasteiger partial charge in [0.05, 0.1) is 0 Å². The molecule has 0 bridgehead atoms. The minimum absolute atomic E-state index is 0.0234. The zero-order valence-corrected chi connectivity index (χ0v) is 17.5. The lowest BCUT2D eigenvalue weighted by Gasteiger charge is -2.16. The normalized spacial score (nSPS) is 20.9. The average Bonchev–Trinajstić information content (AvgIpc) is 3.44. The fraction of sp³-hybridized carbons (Fsp3) is 0.476. The van der Waals surface area contributed by atoms with Gasteiger partial charge in [-0.05, 0) is 31.7 Å². The van der Waals surface area contributed by atoms with Crippen LogP contribution < -0.4 is 5.32 Å². The Morgan fingerprint density at radius 3 is 2.62 bits per heavy atom. The lowest BCUT2D eigenvalue weighted by molar-refractivity contribution is 0.0908. The monoisotopic (exact) mass is 417 g/mol. The minimum Gasteiger partial charge on any atom is -0.455 e. The Balaban J connectivity index is 1.38. The summed E-state index contributed by atoms with van der Waals surface area (Å²) in [5.74, 6) is -0.0384. The molecule has 2 fully saturated rings. The molecule has 156 valence electrons. The van der Waals surface area contributed by atoms with E-state index in [1.54, 1.807) is 6.92 Å². The number of nitrogens with zero attached hydrogens (tertiary/aromatic N) is 2. The molecular weight excluding hydrogens is 390 g/mol. The first kappa shape index (κ1) is 20.1. The Morgan fingerprint density at radius 1 is 1.17 bits per heavy atom. The van der Waals surface area contributed by atoms with E-state index in [1.807, 2.05) is 18.2 Å². The number of rotatable bonds is 6. The Hall–Kier alpha value is -2.16. The van der Waals surface area contributed by atoms with Crippen LogP contribution in [0.4, 0.5) is 0 Å². The second-order valence-electron chi connectivity index (χ2n) is 7.82. The number of furan rings is 1. The van der Waals surface area contributed by atoms with Gasteiger partial charge in [0.25, 0.3) is 5.91 Å². The van der Waals surface area contributed by atoms with Gasteiger partial charge in [0, 0.05) is 44.8 Å². The Bertz CT molecular complexity index is 965. The number of hydrogen-bond acceptors (Lipinski definition) is 5. The van der Waals surface area contributed by atoms with Crippen molar-refractivity contribution in [3.63, 3.8) is 0 Å². The van der Waals surface area contributed by atoms with Crippen LogP contribution >= 0.6 is 0 Å². The summed E-state index contributed by atoms with van der Waals surface area (Å²) in [5, 5.41) is 2.99. The number of benzene rings is 1. The predicted molar refractivity (Wildman–Crippen MR) is 109 cm³/mol. The summed E-state index contributed by atoms with van der Waals surface area (Å²) in [4.78, 5) is 15.0. The van der Waals surface area contributed by atoms with Crippen molar-refractivity contribution in [3.05, 3.63) is 53.5 Å². The summed E-state index contributed by atoms with van der Waals surface area (Å²) in [6.07, 6.45) is 2.59. The zero-order chi connectivity index (χ0) is 20.4. The van der Waals surface area contributed by atoms with E-state index in [4.69, 9.17) is 4.42 Å². The first-order valence-corrected chi connectivity index (χ1v) is 11.6. The summed E-state index contributed by atoms with van der Waals surface area (Å²) in [5.41, 5.74) is 1.25. The summed E-state index contributed by atoms with van der Waals surface area (Å²) < 4.78 is 32.5. The van der Waals surface area contributed by atoms with Gasteiger partial charge >= 0.3 is 0 Å². The molecule has 3 heterocycles. The molecule has 1 N–H and O–H groups in total. The molecule has 1 unspecified atom stereocenters. The Kier molecular flexibility index (Phi) is 5.76. The van der Waals surface area contributed by atoms with Gasteiger partial charge in [0.1, 0.15) is 10.7 Å². The predicted octanol–water partition coefficient (Wildman–Crippen LogP) is 2.38. The Morgan fingerprint density at radius 2 is 1.90 bits per heavy atom. The first-order chi connectivity index (χ1) is 13.9. The minimum atomic E-state index is -3.60. The van der Waals surface area contributed by atoms with Gasteiger partial charge in [-0.1, -0.05) is 30.3 Å². The fourth-order valence-electron chi connectivity index (χ4n) is 4.09. The van der Waals surface area contributed by atoms with Crippen LogP contribution in [0.3, 0.4) is 0 Å². The van der Waals surface area contributed by atoms with Crippen molar-refractivity contribution in [1.29, 1.82) is 0 Å². The first-order valence-electron chi connectivity index (χ1n) is 10.1. The van der Waals surface area contributed by atoms with Crippen LogP contribution in [0.2, 0.25) is 0 Å². The molecule has 8 heteroatoms. The molecule has 1 atom stereocenters. The molecule has 2 aliphatic rings. The number of likely N-dealkylation sites (tertiary alicyclic amines) is 1. The molecule has 2 aliphatic heterocycles. The third-order valence-electron chi connectivity index (χ3n) is 5.64. The number of nitrogens with one attached hydrogen (secondary N) is 1. The molecule has 2 saturated heterocycles. The van der Waals surface area contributed by atoms with E-state index in [2.05, 4.69) is 22.3 Å². The van der Waals surface area contributed by atoms with E-state index >= 15 is 0 Å². The number of amides is 1. The highest BCUT2D eigenvalue weighted by Gasteiger charge is 2.32. The lowest BCUT2D eigenvalue weighted by atomic mass is 10.2. The second-order valence-corrected chi connectivity index (χ2v) is 9.73. The van der Waals surface area contributed by atoms with E-state index in [1.165, 1.54) is 15.9 Å². The summed E-state index contributed by atoms with van der Waals surface area (Å²) in [7, 11) is -3.60. The van der Waals surface area contributed by atoms with Crippen LogP contribution in [0, 0.1) is 6.92 Å².